The summed E-state index contributed by atoms with van der Waals surface area (Å²) in [6.07, 6.45) is 57.4. The van der Waals surface area contributed by atoms with Crippen molar-refractivity contribution in [2.75, 3.05) is 13.1 Å². The zero-order chi connectivity index (χ0) is 41.7. The average Bonchev–Trinajstić information content (AvgIpc) is 3.70. The van der Waals surface area contributed by atoms with Crippen LogP contribution in [0.15, 0.2) is 23.5 Å². The fourth-order valence-corrected chi connectivity index (χ4v) is 9.67. The lowest BCUT2D eigenvalue weighted by molar-refractivity contribution is -0.124. The molecule has 0 bridgehead atoms. The van der Waals surface area contributed by atoms with Crippen LogP contribution in [0.25, 0.3) is 0 Å². The van der Waals surface area contributed by atoms with Crippen LogP contribution < -0.4 is 0 Å². The first-order valence-electron chi connectivity index (χ1n) is 26.6. The lowest BCUT2D eigenvalue weighted by Gasteiger charge is -2.24. The van der Waals surface area contributed by atoms with Gasteiger partial charge in [-0.1, -0.05) is 259 Å². The van der Waals surface area contributed by atoms with E-state index in [1.165, 1.54) is 257 Å². The molecule has 0 N–H and O–H groups in total. The summed E-state index contributed by atoms with van der Waals surface area (Å²) in [6, 6.07) is 0. The molecule has 2 aliphatic heterocycles. The summed E-state index contributed by atoms with van der Waals surface area (Å²) >= 11 is 0. The van der Waals surface area contributed by atoms with Crippen LogP contribution in [0.3, 0.4) is 0 Å². The molecule has 2 atom stereocenters. The van der Waals surface area contributed by atoms with Crippen LogP contribution in [0.4, 0.5) is 0 Å². The van der Waals surface area contributed by atoms with Gasteiger partial charge in [0.25, 0.3) is 11.8 Å². The Bertz CT molecular complexity index is 966. The topological polar surface area (TPSA) is 40.6 Å². The van der Waals surface area contributed by atoms with Gasteiger partial charge in [-0.15, -0.1) is 0 Å². The molecule has 2 heterocycles. The second-order valence-corrected chi connectivity index (χ2v) is 19.2. The van der Waals surface area contributed by atoms with E-state index in [1.807, 2.05) is 22.2 Å². The third-order valence-corrected chi connectivity index (χ3v) is 13.6. The number of rotatable bonds is 44. The molecule has 0 fully saturated rings. The molecular formula is C54H100N2O2. The van der Waals surface area contributed by atoms with Crippen molar-refractivity contribution in [3.8, 4) is 0 Å². The van der Waals surface area contributed by atoms with Crippen molar-refractivity contribution in [3.05, 3.63) is 23.5 Å². The van der Waals surface area contributed by atoms with Crippen molar-refractivity contribution in [1.29, 1.82) is 0 Å². The zero-order valence-electron chi connectivity index (χ0n) is 39.7. The Morgan fingerprint density at radius 1 is 0.310 bits per heavy atom. The number of amides is 2. The van der Waals surface area contributed by atoms with Crippen molar-refractivity contribution in [3.63, 3.8) is 0 Å². The Balaban J connectivity index is 1.89. The van der Waals surface area contributed by atoms with E-state index < -0.39 is 0 Å². The van der Waals surface area contributed by atoms with Gasteiger partial charge in [-0.2, -0.15) is 0 Å². The van der Waals surface area contributed by atoms with Gasteiger partial charge in [-0.05, 0) is 37.5 Å². The summed E-state index contributed by atoms with van der Waals surface area (Å²) in [6.45, 7) is 10.7. The van der Waals surface area contributed by atoms with Crippen LogP contribution in [0, 0.1) is 11.8 Å². The number of nitrogens with zero attached hydrogens (tertiary/aromatic N) is 2. The minimum absolute atomic E-state index is 0.0733. The van der Waals surface area contributed by atoms with Crippen LogP contribution in [-0.2, 0) is 9.59 Å². The fraction of sp³-hybridized carbons (Fsp3) is 0.889. The summed E-state index contributed by atoms with van der Waals surface area (Å²) < 4.78 is 0. The maximum atomic E-state index is 13.9. The van der Waals surface area contributed by atoms with Crippen LogP contribution in [-0.4, -0.2) is 34.7 Å². The molecular weight excluding hydrogens is 709 g/mol. The Hall–Kier alpha value is -1.58. The minimum atomic E-state index is 0.0733. The standard InChI is InChI=1S/C54H100N2O2/c1-5-9-13-17-21-25-27-31-35-39-43-49(41-37-33-29-23-19-15-11-7-3)45-55-47-51-52(53(55)57)48-56(54(51)58)46-50(42-38-34-30-24-20-16-12-8-4)44-40-36-32-28-26-22-18-14-10-6-2/h47-50H,5-46H2,1-4H3. The summed E-state index contributed by atoms with van der Waals surface area (Å²) in [5.74, 6) is 1.20. The van der Waals surface area contributed by atoms with Crippen molar-refractivity contribution in [2.24, 2.45) is 11.8 Å². The van der Waals surface area contributed by atoms with Gasteiger partial charge in [0.1, 0.15) is 0 Å². The number of hydrogen-bond donors (Lipinski definition) is 0. The molecule has 0 spiro atoms. The molecule has 0 saturated carbocycles. The summed E-state index contributed by atoms with van der Waals surface area (Å²) in [5, 5.41) is 0. The van der Waals surface area contributed by atoms with Crippen molar-refractivity contribution >= 4 is 11.8 Å². The van der Waals surface area contributed by atoms with Crippen LogP contribution in [0.2, 0.25) is 0 Å². The Morgan fingerprint density at radius 3 is 0.707 bits per heavy atom. The van der Waals surface area contributed by atoms with Crippen LogP contribution >= 0.6 is 0 Å². The third-order valence-electron chi connectivity index (χ3n) is 13.6. The molecule has 338 valence electrons. The highest BCUT2D eigenvalue weighted by atomic mass is 16.2. The highest BCUT2D eigenvalue weighted by molar-refractivity contribution is 6.17. The molecule has 2 unspecified atom stereocenters. The van der Waals surface area contributed by atoms with Crippen LogP contribution in [0.1, 0.15) is 285 Å². The largest absolute Gasteiger partial charge is 0.314 e. The van der Waals surface area contributed by atoms with E-state index >= 15 is 0 Å². The minimum Gasteiger partial charge on any atom is -0.314 e. The number of carbonyl (C=O) groups excluding carboxylic acids is 2. The number of fused-ring (bicyclic) bond motifs is 1. The quantitative estimate of drug-likeness (QED) is 0.0575. The van der Waals surface area contributed by atoms with E-state index in [0.29, 0.717) is 23.0 Å². The van der Waals surface area contributed by atoms with Gasteiger partial charge in [0.05, 0.1) is 11.1 Å². The van der Waals surface area contributed by atoms with Gasteiger partial charge >= 0.3 is 0 Å². The molecule has 0 saturated heterocycles. The van der Waals surface area contributed by atoms with E-state index in [9.17, 15) is 9.59 Å². The maximum absolute atomic E-state index is 13.9. The van der Waals surface area contributed by atoms with Gasteiger partial charge in [-0.3, -0.25) is 9.59 Å². The average molecular weight is 809 g/mol. The maximum Gasteiger partial charge on any atom is 0.260 e. The van der Waals surface area contributed by atoms with E-state index in [4.69, 9.17) is 0 Å². The second-order valence-electron chi connectivity index (χ2n) is 19.2. The molecule has 2 amide bonds. The van der Waals surface area contributed by atoms with Crippen molar-refractivity contribution < 1.29 is 9.59 Å². The summed E-state index contributed by atoms with van der Waals surface area (Å²) in [5.41, 5.74) is 1.33. The molecule has 0 aliphatic carbocycles. The SMILES string of the molecule is CCCCCCCCCCCCC(CCCCCCCCCC)CN1C=C2C(=O)N(CC(CCCCCCCCCC)CCCCCCCCCCCC)C=C2C1=O. The highest BCUT2D eigenvalue weighted by Gasteiger charge is 2.40. The molecule has 4 nitrogen and oxygen atoms in total. The molecule has 2 aliphatic rings. The molecule has 58 heavy (non-hydrogen) atoms. The van der Waals surface area contributed by atoms with Crippen molar-refractivity contribution in [1.82, 2.24) is 9.80 Å². The molecule has 0 aromatic heterocycles. The lowest BCUT2D eigenvalue weighted by atomic mass is 9.93. The predicted octanol–water partition coefficient (Wildman–Crippen LogP) is 17.4. The number of unbranched alkanes of at least 4 members (excludes halogenated alkanes) is 32. The third kappa shape index (κ3) is 25.3. The van der Waals surface area contributed by atoms with Gasteiger partial charge in [-0.25, -0.2) is 0 Å². The monoisotopic (exact) mass is 809 g/mol. The first-order chi connectivity index (χ1) is 28.5. The smallest absolute Gasteiger partial charge is 0.260 e. The first-order valence-corrected chi connectivity index (χ1v) is 26.6. The molecule has 2 rings (SSSR count). The Morgan fingerprint density at radius 2 is 0.500 bits per heavy atom. The van der Waals surface area contributed by atoms with Gasteiger partial charge in [0.2, 0.25) is 0 Å². The molecule has 0 aromatic rings. The summed E-state index contributed by atoms with van der Waals surface area (Å²) in [4.78, 5) is 31.6. The first kappa shape index (κ1) is 52.6. The van der Waals surface area contributed by atoms with Crippen molar-refractivity contribution in [2.45, 2.75) is 285 Å². The molecule has 4 heteroatoms. The fourth-order valence-electron chi connectivity index (χ4n) is 9.67. The van der Waals surface area contributed by atoms with Crippen LogP contribution in [0.5, 0.6) is 0 Å². The normalized spacial score (nSPS) is 15.1. The Kier molecular flexibility index (Phi) is 33.7. The highest BCUT2D eigenvalue weighted by Crippen LogP contribution is 2.34. The summed E-state index contributed by atoms with van der Waals surface area (Å²) in [7, 11) is 0. The number of hydrogen-bond acceptors (Lipinski definition) is 2. The predicted molar refractivity (Wildman–Crippen MR) is 254 cm³/mol. The van der Waals surface area contributed by atoms with Gasteiger partial charge in [0.15, 0.2) is 0 Å². The lowest BCUT2D eigenvalue weighted by Crippen LogP contribution is -2.30. The molecule has 0 radical (unpaired) electrons. The van der Waals surface area contributed by atoms with Gasteiger partial charge < -0.3 is 9.80 Å². The van der Waals surface area contributed by atoms with E-state index in [0.717, 1.165) is 13.1 Å². The zero-order valence-corrected chi connectivity index (χ0v) is 39.7. The van der Waals surface area contributed by atoms with E-state index in [1.54, 1.807) is 0 Å². The van der Waals surface area contributed by atoms with E-state index in [2.05, 4.69) is 27.7 Å². The Labute approximate surface area is 363 Å². The van der Waals surface area contributed by atoms with Gasteiger partial charge in [0, 0.05) is 25.5 Å². The van der Waals surface area contributed by atoms with E-state index in [-0.39, 0.29) is 11.8 Å². The molecule has 0 aromatic carbocycles. The number of carbonyl (C=O) groups is 2. The second kappa shape index (κ2) is 37.2.